The Morgan fingerprint density at radius 3 is 1.30 bits per heavy atom. The molecule has 0 radical (unpaired) electrons. The third kappa shape index (κ3) is 21.5. The van der Waals surface area contributed by atoms with Gasteiger partial charge in [0.25, 0.3) is 0 Å². The Bertz CT molecular complexity index is 882. The van der Waals surface area contributed by atoms with Crippen molar-refractivity contribution < 1.29 is 51.2 Å². The van der Waals surface area contributed by atoms with Crippen LogP contribution in [0.5, 0.6) is 0 Å². The van der Waals surface area contributed by atoms with Gasteiger partial charge in [0, 0.05) is 12.8 Å². The van der Waals surface area contributed by atoms with Gasteiger partial charge in [-0.3, -0.25) is 14.1 Å². The highest BCUT2D eigenvalue weighted by Crippen LogP contribution is 2.27. The van der Waals surface area contributed by atoms with E-state index in [9.17, 15) is 28.2 Å². The minimum absolute atomic E-state index is 0.0722. The molecule has 0 aromatic heterocycles. The van der Waals surface area contributed by atoms with Crippen LogP contribution in [0.3, 0.4) is 0 Å². The molecule has 11 nitrogen and oxygen atoms in total. The van der Waals surface area contributed by atoms with Gasteiger partial charge in [-0.1, -0.05) is 142 Å². The molecule has 272 valence electrons. The van der Waals surface area contributed by atoms with Crippen LogP contribution in [0.25, 0.3) is 0 Å². The number of esters is 2. The number of carbonyl (C=O) groups excluding carboxylic acids is 2. The van der Waals surface area contributed by atoms with Crippen molar-refractivity contribution in [2.45, 2.75) is 199 Å². The van der Waals surface area contributed by atoms with E-state index in [-0.39, 0.29) is 12.8 Å². The second-order valence-electron chi connectivity index (χ2n) is 12.7. The first-order valence-electron chi connectivity index (χ1n) is 18.1. The van der Waals surface area contributed by atoms with E-state index in [0.29, 0.717) is 12.8 Å². The van der Waals surface area contributed by atoms with Crippen molar-refractivity contribution in [3.8, 4) is 0 Å². The molecule has 0 spiro atoms. The van der Waals surface area contributed by atoms with E-state index in [2.05, 4.69) is 18.0 Å². The van der Waals surface area contributed by atoms with Crippen molar-refractivity contribution in [3.63, 3.8) is 0 Å². The van der Waals surface area contributed by atoms with Gasteiger partial charge in [0.1, 0.15) is 12.2 Å². The molecule has 0 aromatic carbocycles. The molecule has 1 aliphatic heterocycles. The number of hydrogen-bond donors (Lipinski definition) is 3. The smallest absolute Gasteiger partial charge is 0.397 e. The third-order valence-electron chi connectivity index (χ3n) is 8.52. The highest BCUT2D eigenvalue weighted by molar-refractivity contribution is 7.80. The van der Waals surface area contributed by atoms with E-state index in [1.165, 1.54) is 89.9 Å². The fraction of sp³-hybridized carbons (Fsp3) is 0.941. The minimum atomic E-state index is -4.86. The average Bonchev–Trinajstić information content (AvgIpc) is 3.00. The number of carbonyl (C=O) groups is 2. The second-order valence-corrected chi connectivity index (χ2v) is 13.8. The lowest BCUT2D eigenvalue weighted by atomic mass is 9.98. The van der Waals surface area contributed by atoms with Crippen molar-refractivity contribution in [1.29, 1.82) is 0 Å². The number of aliphatic hydroxyl groups excluding tert-OH is 2. The highest BCUT2D eigenvalue weighted by atomic mass is 32.3. The molecule has 0 amide bonds. The standard InChI is InChI=1S/C34H64O11S/c1-3-5-7-9-11-13-15-17-19-21-23-25-29(35)44-32-31(37)28(27-42-46(39,40)41)43-34(38)33(32)45-30(36)26-24-22-20-18-16-14-12-10-8-6-4-2/h28,31-34,37-38H,3-27H2,1-2H3,(H,39,40,41)/t28-,31-,32+,33-,34+/m1/s1. The van der Waals surface area contributed by atoms with Crippen molar-refractivity contribution in [2.24, 2.45) is 0 Å². The topological polar surface area (TPSA) is 166 Å². The third-order valence-corrected chi connectivity index (χ3v) is 8.96. The normalized spacial score (nSPS) is 21.7. The maximum absolute atomic E-state index is 12.7. The summed E-state index contributed by atoms with van der Waals surface area (Å²) in [4.78, 5) is 25.3. The summed E-state index contributed by atoms with van der Waals surface area (Å²) in [5, 5.41) is 21.4. The van der Waals surface area contributed by atoms with Crippen molar-refractivity contribution in [1.82, 2.24) is 0 Å². The van der Waals surface area contributed by atoms with Crippen LogP contribution in [-0.4, -0.2) is 72.4 Å². The lowest BCUT2D eigenvalue weighted by Crippen LogP contribution is -2.61. The van der Waals surface area contributed by atoms with Gasteiger partial charge >= 0.3 is 22.3 Å². The first-order chi connectivity index (χ1) is 22.1. The summed E-state index contributed by atoms with van der Waals surface area (Å²) >= 11 is 0. The quantitative estimate of drug-likeness (QED) is 0.0419. The van der Waals surface area contributed by atoms with Crippen molar-refractivity contribution >= 4 is 22.3 Å². The molecular weight excluding hydrogens is 616 g/mol. The molecule has 3 N–H and O–H groups in total. The summed E-state index contributed by atoms with van der Waals surface area (Å²) in [6.45, 7) is 3.57. The Morgan fingerprint density at radius 1 is 0.587 bits per heavy atom. The van der Waals surface area contributed by atoms with E-state index in [1.54, 1.807) is 0 Å². The van der Waals surface area contributed by atoms with Gasteiger partial charge in [-0.2, -0.15) is 8.42 Å². The monoisotopic (exact) mass is 680 g/mol. The Kier molecular flexibility index (Phi) is 24.7. The number of hydrogen-bond acceptors (Lipinski definition) is 10. The predicted molar refractivity (Wildman–Crippen MR) is 176 cm³/mol. The van der Waals surface area contributed by atoms with E-state index < -0.39 is 59.7 Å². The average molecular weight is 681 g/mol. The van der Waals surface area contributed by atoms with E-state index in [0.717, 1.165) is 38.5 Å². The SMILES string of the molecule is CCCCCCCCCCCCCC(=O)O[C@@H]1[C@@H](OC(=O)CCCCCCCCCCCCC)[C@H](O)[C@@H](COS(=O)(=O)O)O[C@@H]1O. The highest BCUT2D eigenvalue weighted by Gasteiger charge is 2.49. The van der Waals surface area contributed by atoms with Crippen LogP contribution in [0.2, 0.25) is 0 Å². The molecule has 0 bridgehead atoms. The first kappa shape index (κ1) is 42.7. The molecular formula is C34H64O11S. The van der Waals surface area contributed by atoms with Gasteiger partial charge in [-0.05, 0) is 12.8 Å². The Hall–Kier alpha value is -1.31. The summed E-state index contributed by atoms with van der Waals surface area (Å²) < 4.78 is 51.4. The lowest BCUT2D eigenvalue weighted by molar-refractivity contribution is -0.292. The molecule has 1 heterocycles. The summed E-state index contributed by atoms with van der Waals surface area (Å²) in [7, 11) is -4.86. The van der Waals surface area contributed by atoms with Crippen LogP contribution in [-0.2, 0) is 38.4 Å². The number of aliphatic hydroxyl groups is 2. The molecule has 5 atom stereocenters. The van der Waals surface area contributed by atoms with Crippen molar-refractivity contribution in [3.05, 3.63) is 0 Å². The van der Waals surface area contributed by atoms with E-state index >= 15 is 0 Å². The maximum Gasteiger partial charge on any atom is 0.397 e. The molecule has 1 saturated heterocycles. The van der Waals surface area contributed by atoms with Crippen LogP contribution in [0.15, 0.2) is 0 Å². The second kappa shape index (κ2) is 26.6. The lowest BCUT2D eigenvalue weighted by Gasteiger charge is -2.41. The fourth-order valence-corrected chi connectivity index (χ4v) is 6.05. The molecule has 46 heavy (non-hydrogen) atoms. The summed E-state index contributed by atoms with van der Waals surface area (Å²) in [6.07, 6.45) is 16.8. The Balaban J connectivity index is 2.50. The summed E-state index contributed by atoms with van der Waals surface area (Å²) in [5.41, 5.74) is 0. The van der Waals surface area contributed by atoms with Crippen LogP contribution >= 0.6 is 0 Å². The van der Waals surface area contributed by atoms with Crippen LogP contribution in [0.1, 0.15) is 168 Å². The molecule has 0 unspecified atom stereocenters. The zero-order valence-corrected chi connectivity index (χ0v) is 29.4. The van der Waals surface area contributed by atoms with Gasteiger partial charge in [0.05, 0.1) is 6.61 Å². The molecule has 12 heteroatoms. The van der Waals surface area contributed by atoms with Crippen LogP contribution in [0, 0.1) is 0 Å². The molecule has 0 aliphatic carbocycles. The maximum atomic E-state index is 12.7. The van der Waals surface area contributed by atoms with Crippen molar-refractivity contribution in [2.75, 3.05) is 6.61 Å². The summed E-state index contributed by atoms with van der Waals surface area (Å²) in [6, 6.07) is 0. The number of unbranched alkanes of at least 4 members (excludes halogenated alkanes) is 20. The van der Waals surface area contributed by atoms with Crippen LogP contribution < -0.4 is 0 Å². The zero-order chi connectivity index (χ0) is 34.0. The number of rotatable bonds is 29. The van der Waals surface area contributed by atoms with Gasteiger partial charge in [0.2, 0.25) is 0 Å². The fourth-order valence-electron chi connectivity index (χ4n) is 5.75. The van der Waals surface area contributed by atoms with Gasteiger partial charge < -0.3 is 24.4 Å². The Labute approximate surface area is 278 Å². The molecule has 0 saturated carbocycles. The largest absolute Gasteiger partial charge is 0.455 e. The molecule has 1 aliphatic rings. The minimum Gasteiger partial charge on any atom is -0.455 e. The number of ether oxygens (including phenoxy) is 3. The van der Waals surface area contributed by atoms with Gasteiger partial charge in [-0.15, -0.1) is 0 Å². The molecule has 1 fully saturated rings. The molecule has 1 rings (SSSR count). The molecule has 0 aromatic rings. The zero-order valence-electron chi connectivity index (χ0n) is 28.6. The van der Waals surface area contributed by atoms with Crippen LogP contribution in [0.4, 0.5) is 0 Å². The first-order valence-corrected chi connectivity index (χ1v) is 19.5. The Morgan fingerprint density at radius 2 is 0.935 bits per heavy atom. The van der Waals surface area contributed by atoms with Gasteiger partial charge in [-0.25, -0.2) is 4.18 Å². The van der Waals surface area contributed by atoms with E-state index in [4.69, 9.17) is 18.8 Å². The van der Waals surface area contributed by atoms with E-state index in [1.807, 2.05) is 0 Å². The van der Waals surface area contributed by atoms with Gasteiger partial charge in [0.15, 0.2) is 18.5 Å². The summed E-state index contributed by atoms with van der Waals surface area (Å²) in [5.74, 6) is -1.27. The predicted octanol–water partition coefficient (Wildman–Crippen LogP) is 7.11.